The molecule has 0 saturated carbocycles. The van der Waals surface area contributed by atoms with E-state index in [0.29, 0.717) is 36.0 Å². The third kappa shape index (κ3) is 7.52. The average Bonchev–Trinajstić information content (AvgIpc) is 3.18. The Bertz CT molecular complexity index is 1030. The van der Waals surface area contributed by atoms with Crippen molar-refractivity contribution >= 4 is 40.9 Å². The zero-order chi connectivity index (χ0) is 22.8. The lowest BCUT2D eigenvalue weighted by Crippen LogP contribution is -2.26. The first-order valence-electron chi connectivity index (χ1n) is 10.4. The Morgan fingerprint density at radius 3 is 2.62 bits per heavy atom. The van der Waals surface area contributed by atoms with Crippen LogP contribution in [0.15, 0.2) is 53.7 Å². The van der Waals surface area contributed by atoms with Crippen LogP contribution in [0.5, 0.6) is 0 Å². The summed E-state index contributed by atoms with van der Waals surface area (Å²) in [6, 6.07) is 15.4. The van der Waals surface area contributed by atoms with Gasteiger partial charge in [-0.25, -0.2) is 0 Å². The van der Waals surface area contributed by atoms with Gasteiger partial charge in [-0.1, -0.05) is 53.2 Å². The third-order valence-corrected chi connectivity index (χ3v) is 6.18. The fraction of sp³-hybridized carbons (Fsp3) is 0.348. The molecule has 1 N–H and O–H groups in total. The number of hydrogen-bond donors (Lipinski definition) is 1. The summed E-state index contributed by atoms with van der Waals surface area (Å²) < 4.78 is 6.99. The van der Waals surface area contributed by atoms with Gasteiger partial charge in [-0.3, -0.25) is 9.36 Å². The van der Waals surface area contributed by atoms with E-state index in [-0.39, 0.29) is 5.91 Å². The summed E-state index contributed by atoms with van der Waals surface area (Å²) in [5, 5.41) is 13.9. The van der Waals surface area contributed by atoms with Crippen LogP contribution in [-0.4, -0.2) is 40.9 Å². The highest BCUT2D eigenvalue weighted by atomic mass is 35.5. The summed E-state index contributed by atoms with van der Waals surface area (Å²) in [6.45, 7) is 1.05. The Hall–Kier alpha value is -2.06. The largest absolute Gasteiger partial charge is 0.383 e. The van der Waals surface area contributed by atoms with Gasteiger partial charge in [-0.05, 0) is 48.7 Å². The second-order valence-electron chi connectivity index (χ2n) is 7.18. The van der Waals surface area contributed by atoms with Crippen molar-refractivity contribution in [3.8, 4) is 5.69 Å². The van der Waals surface area contributed by atoms with Gasteiger partial charge in [0.25, 0.3) is 0 Å². The lowest BCUT2D eigenvalue weighted by Gasteiger charge is -2.11. The number of amides is 1. The van der Waals surface area contributed by atoms with Crippen LogP contribution in [0.4, 0.5) is 0 Å². The van der Waals surface area contributed by atoms with Crippen LogP contribution in [-0.2, 0) is 21.7 Å². The highest BCUT2D eigenvalue weighted by Gasteiger charge is 2.15. The van der Waals surface area contributed by atoms with Crippen LogP contribution >= 0.6 is 35.0 Å². The van der Waals surface area contributed by atoms with Crippen molar-refractivity contribution in [1.29, 1.82) is 0 Å². The molecule has 0 radical (unpaired) electrons. The van der Waals surface area contributed by atoms with E-state index in [0.717, 1.165) is 40.8 Å². The topological polar surface area (TPSA) is 69.0 Å². The molecule has 6 nitrogen and oxygen atoms in total. The van der Waals surface area contributed by atoms with Crippen LogP contribution in [0.2, 0.25) is 10.0 Å². The summed E-state index contributed by atoms with van der Waals surface area (Å²) in [5.74, 6) is 1.61. The molecule has 0 atom stereocenters. The molecule has 0 aliphatic rings. The Morgan fingerprint density at radius 2 is 1.88 bits per heavy atom. The van der Waals surface area contributed by atoms with Gasteiger partial charge in [0.15, 0.2) is 5.16 Å². The maximum absolute atomic E-state index is 11.9. The van der Waals surface area contributed by atoms with Gasteiger partial charge in [-0.2, -0.15) is 0 Å². The minimum Gasteiger partial charge on any atom is -0.383 e. The summed E-state index contributed by atoms with van der Waals surface area (Å²) in [4.78, 5) is 11.9. The van der Waals surface area contributed by atoms with Gasteiger partial charge in [0.05, 0.1) is 12.3 Å². The predicted molar refractivity (Wildman–Crippen MR) is 130 cm³/mol. The van der Waals surface area contributed by atoms with Crippen molar-refractivity contribution in [2.45, 2.75) is 36.6 Å². The molecule has 1 amide bonds. The van der Waals surface area contributed by atoms with E-state index in [9.17, 15) is 4.79 Å². The molecule has 2 aromatic carbocycles. The van der Waals surface area contributed by atoms with Gasteiger partial charge >= 0.3 is 0 Å². The Kier molecular flexibility index (Phi) is 9.87. The van der Waals surface area contributed by atoms with E-state index in [2.05, 4.69) is 15.5 Å². The predicted octanol–water partition coefficient (Wildman–Crippen LogP) is 5.34. The van der Waals surface area contributed by atoms with Crippen LogP contribution in [0.1, 0.15) is 30.7 Å². The molecule has 9 heteroatoms. The first kappa shape index (κ1) is 24.6. The maximum Gasteiger partial charge on any atom is 0.220 e. The monoisotopic (exact) mass is 492 g/mol. The third-order valence-electron chi connectivity index (χ3n) is 4.71. The highest BCUT2D eigenvalue weighted by molar-refractivity contribution is 7.98. The van der Waals surface area contributed by atoms with E-state index in [4.69, 9.17) is 27.9 Å². The molecule has 0 unspecified atom stereocenters. The van der Waals surface area contributed by atoms with Crippen molar-refractivity contribution in [1.82, 2.24) is 20.1 Å². The zero-order valence-electron chi connectivity index (χ0n) is 17.9. The number of carbonyl (C=O) groups excluding carboxylic acids is 1. The first-order chi connectivity index (χ1) is 15.6. The Morgan fingerprint density at radius 1 is 1.09 bits per heavy atom. The Balaban J connectivity index is 1.67. The van der Waals surface area contributed by atoms with Gasteiger partial charge in [0.2, 0.25) is 5.91 Å². The van der Waals surface area contributed by atoms with Gasteiger partial charge in [0, 0.05) is 42.3 Å². The Labute approximate surface area is 202 Å². The minimum atomic E-state index is 0.0381. The first-order valence-corrected chi connectivity index (χ1v) is 12.1. The van der Waals surface area contributed by atoms with Crippen molar-refractivity contribution in [2.75, 3.05) is 20.3 Å². The molecule has 0 aliphatic carbocycles. The highest BCUT2D eigenvalue weighted by Crippen LogP contribution is 2.28. The average molecular weight is 493 g/mol. The van der Waals surface area contributed by atoms with Crippen LogP contribution in [0.3, 0.4) is 0 Å². The molecule has 0 saturated heterocycles. The second kappa shape index (κ2) is 12.8. The lowest BCUT2D eigenvalue weighted by molar-refractivity contribution is -0.121. The number of hydrogen-bond acceptors (Lipinski definition) is 5. The van der Waals surface area contributed by atoms with E-state index in [1.807, 2.05) is 53.1 Å². The number of thioether (sulfide) groups is 1. The van der Waals surface area contributed by atoms with Gasteiger partial charge in [0.1, 0.15) is 5.82 Å². The number of aryl methyl sites for hydroxylation is 1. The lowest BCUT2D eigenvalue weighted by atomic mass is 10.1. The molecule has 0 bridgehead atoms. The standard InChI is InChI=1S/C23H26Cl2N4O2S/c1-31-13-12-26-22(30)11-3-2-10-21-27-28-23(29(21)20-9-5-8-19(25)15-20)32-16-17-6-4-7-18(24)14-17/h4-9,14-15H,2-3,10-13,16H2,1H3,(H,26,30). The van der Waals surface area contributed by atoms with Crippen molar-refractivity contribution in [2.24, 2.45) is 0 Å². The number of benzene rings is 2. The van der Waals surface area contributed by atoms with Crippen molar-refractivity contribution in [3.63, 3.8) is 0 Å². The van der Waals surface area contributed by atoms with Crippen LogP contribution in [0.25, 0.3) is 5.69 Å². The molecule has 0 aliphatic heterocycles. The molecule has 1 aromatic heterocycles. The molecule has 0 spiro atoms. The van der Waals surface area contributed by atoms with Crippen LogP contribution in [0, 0.1) is 0 Å². The number of nitrogens with one attached hydrogen (secondary N) is 1. The summed E-state index contributed by atoms with van der Waals surface area (Å²) >= 11 is 14.0. The molecule has 0 fully saturated rings. The summed E-state index contributed by atoms with van der Waals surface area (Å²) in [7, 11) is 1.61. The summed E-state index contributed by atoms with van der Waals surface area (Å²) in [6.07, 6.45) is 2.79. The van der Waals surface area contributed by atoms with E-state index < -0.39 is 0 Å². The number of methoxy groups -OCH3 is 1. The van der Waals surface area contributed by atoms with Gasteiger partial charge < -0.3 is 10.1 Å². The molecule has 1 heterocycles. The van der Waals surface area contributed by atoms with Crippen molar-refractivity contribution in [3.05, 3.63) is 70.0 Å². The normalized spacial score (nSPS) is 11.0. The molecule has 32 heavy (non-hydrogen) atoms. The number of halogens is 2. The molecule has 3 rings (SSSR count). The minimum absolute atomic E-state index is 0.0381. The number of aromatic nitrogens is 3. The van der Waals surface area contributed by atoms with E-state index in [1.54, 1.807) is 18.9 Å². The zero-order valence-corrected chi connectivity index (χ0v) is 20.2. The number of unbranched alkanes of at least 4 members (excludes halogenated alkanes) is 1. The quantitative estimate of drug-likeness (QED) is 0.273. The summed E-state index contributed by atoms with van der Waals surface area (Å²) in [5.41, 5.74) is 2.03. The van der Waals surface area contributed by atoms with Gasteiger partial charge in [-0.15, -0.1) is 10.2 Å². The smallest absolute Gasteiger partial charge is 0.220 e. The SMILES string of the molecule is COCCNC(=O)CCCCc1nnc(SCc2cccc(Cl)c2)n1-c1cccc(Cl)c1. The fourth-order valence-corrected chi connectivity index (χ4v) is 4.47. The van der Waals surface area contributed by atoms with Crippen molar-refractivity contribution < 1.29 is 9.53 Å². The molecular weight excluding hydrogens is 467 g/mol. The molecule has 170 valence electrons. The molecule has 3 aromatic rings. The number of nitrogens with zero attached hydrogens (tertiary/aromatic N) is 3. The maximum atomic E-state index is 11.9. The number of ether oxygens (including phenoxy) is 1. The second-order valence-corrected chi connectivity index (χ2v) is 9.00. The van der Waals surface area contributed by atoms with Crippen LogP contribution < -0.4 is 5.32 Å². The fourth-order valence-electron chi connectivity index (χ4n) is 3.15. The van der Waals surface area contributed by atoms with E-state index in [1.165, 1.54) is 0 Å². The number of rotatable bonds is 12. The van der Waals surface area contributed by atoms with E-state index >= 15 is 0 Å². The number of carbonyl (C=O) groups is 1. The molecular formula is C23H26Cl2N4O2S.